The van der Waals surface area contributed by atoms with E-state index in [9.17, 15) is 0 Å². The SMILES string of the molecule is CC(CC1CCC1)Nc1cnc[nH]1. The van der Waals surface area contributed by atoms with Gasteiger partial charge >= 0.3 is 0 Å². The molecule has 1 aliphatic rings. The molecule has 3 nitrogen and oxygen atoms in total. The predicted molar refractivity (Wildman–Crippen MR) is 53.6 cm³/mol. The molecule has 0 radical (unpaired) electrons. The maximum Gasteiger partial charge on any atom is 0.123 e. The Morgan fingerprint density at radius 3 is 3.08 bits per heavy atom. The number of imidazole rings is 1. The molecule has 0 spiro atoms. The van der Waals surface area contributed by atoms with Crippen molar-refractivity contribution in [1.29, 1.82) is 0 Å². The Bertz CT molecular complexity index is 239. The van der Waals surface area contributed by atoms with Gasteiger partial charge in [-0.25, -0.2) is 4.98 Å². The molecule has 1 aromatic rings. The fourth-order valence-corrected chi connectivity index (χ4v) is 1.89. The van der Waals surface area contributed by atoms with E-state index in [1.165, 1.54) is 25.7 Å². The van der Waals surface area contributed by atoms with E-state index in [4.69, 9.17) is 0 Å². The highest BCUT2D eigenvalue weighted by molar-refractivity contribution is 5.31. The molecule has 0 aromatic carbocycles. The van der Waals surface area contributed by atoms with Gasteiger partial charge in [-0.05, 0) is 19.3 Å². The smallest absolute Gasteiger partial charge is 0.123 e. The molecule has 0 amide bonds. The van der Waals surface area contributed by atoms with Crippen molar-refractivity contribution in [3.63, 3.8) is 0 Å². The second-order valence-electron chi connectivity index (χ2n) is 4.04. The first-order valence-corrected chi connectivity index (χ1v) is 5.09. The first-order chi connectivity index (χ1) is 6.34. The number of rotatable bonds is 4. The molecule has 1 fully saturated rings. The Labute approximate surface area is 79.0 Å². The third-order valence-electron chi connectivity index (χ3n) is 2.81. The third-order valence-corrected chi connectivity index (χ3v) is 2.81. The van der Waals surface area contributed by atoms with E-state index in [-0.39, 0.29) is 0 Å². The zero-order valence-corrected chi connectivity index (χ0v) is 8.09. The van der Waals surface area contributed by atoms with E-state index in [1.807, 2.05) is 6.20 Å². The summed E-state index contributed by atoms with van der Waals surface area (Å²) in [6, 6.07) is 0.561. The first kappa shape index (κ1) is 8.60. The van der Waals surface area contributed by atoms with Gasteiger partial charge < -0.3 is 10.3 Å². The zero-order valence-electron chi connectivity index (χ0n) is 8.09. The summed E-state index contributed by atoms with van der Waals surface area (Å²) in [5.41, 5.74) is 0. The number of aromatic amines is 1. The van der Waals surface area contributed by atoms with E-state index in [2.05, 4.69) is 22.2 Å². The van der Waals surface area contributed by atoms with Crippen molar-refractivity contribution < 1.29 is 0 Å². The maximum absolute atomic E-state index is 3.97. The van der Waals surface area contributed by atoms with Crippen LogP contribution in [0.2, 0.25) is 0 Å². The van der Waals surface area contributed by atoms with Crippen LogP contribution in [0.15, 0.2) is 12.5 Å². The van der Waals surface area contributed by atoms with Crippen molar-refractivity contribution in [1.82, 2.24) is 9.97 Å². The van der Waals surface area contributed by atoms with Gasteiger partial charge in [0.25, 0.3) is 0 Å². The lowest BCUT2D eigenvalue weighted by Crippen LogP contribution is -2.23. The largest absolute Gasteiger partial charge is 0.368 e. The molecular formula is C10H17N3. The predicted octanol–water partition coefficient (Wildman–Crippen LogP) is 2.40. The summed E-state index contributed by atoms with van der Waals surface area (Å²) >= 11 is 0. The number of aromatic nitrogens is 2. The van der Waals surface area contributed by atoms with E-state index >= 15 is 0 Å². The minimum atomic E-state index is 0.561. The van der Waals surface area contributed by atoms with E-state index < -0.39 is 0 Å². The van der Waals surface area contributed by atoms with E-state index in [0.717, 1.165) is 11.7 Å². The molecular weight excluding hydrogens is 162 g/mol. The molecule has 1 atom stereocenters. The van der Waals surface area contributed by atoms with Crippen molar-refractivity contribution in [3.8, 4) is 0 Å². The Balaban J connectivity index is 1.74. The van der Waals surface area contributed by atoms with Crippen molar-refractivity contribution in [2.75, 3.05) is 5.32 Å². The van der Waals surface area contributed by atoms with Gasteiger partial charge in [-0.15, -0.1) is 0 Å². The Kier molecular flexibility index (Phi) is 2.52. The maximum atomic E-state index is 3.97. The van der Waals surface area contributed by atoms with Crippen LogP contribution < -0.4 is 5.32 Å². The lowest BCUT2D eigenvalue weighted by atomic mass is 9.81. The highest BCUT2D eigenvalue weighted by Crippen LogP contribution is 2.30. The minimum Gasteiger partial charge on any atom is -0.368 e. The van der Waals surface area contributed by atoms with Gasteiger partial charge in [-0.3, -0.25) is 0 Å². The molecule has 1 aromatic heterocycles. The summed E-state index contributed by atoms with van der Waals surface area (Å²) < 4.78 is 0. The number of nitrogens with one attached hydrogen (secondary N) is 2. The summed E-state index contributed by atoms with van der Waals surface area (Å²) in [7, 11) is 0. The van der Waals surface area contributed by atoms with Crippen LogP contribution in [0, 0.1) is 5.92 Å². The number of H-pyrrole nitrogens is 1. The summed E-state index contributed by atoms with van der Waals surface area (Å²) in [5.74, 6) is 2.00. The Morgan fingerprint density at radius 2 is 2.54 bits per heavy atom. The van der Waals surface area contributed by atoms with Gasteiger partial charge in [-0.1, -0.05) is 19.3 Å². The third kappa shape index (κ3) is 2.23. The lowest BCUT2D eigenvalue weighted by Gasteiger charge is -2.28. The Hall–Kier alpha value is -0.990. The quantitative estimate of drug-likeness (QED) is 0.745. The van der Waals surface area contributed by atoms with Crippen LogP contribution in [0.5, 0.6) is 0 Å². The van der Waals surface area contributed by atoms with Gasteiger partial charge in [0.1, 0.15) is 5.82 Å². The number of anilines is 1. The van der Waals surface area contributed by atoms with Crippen LogP contribution >= 0.6 is 0 Å². The van der Waals surface area contributed by atoms with Gasteiger partial charge in [-0.2, -0.15) is 0 Å². The molecule has 2 rings (SSSR count). The molecule has 1 saturated carbocycles. The highest BCUT2D eigenvalue weighted by atomic mass is 15.1. The molecule has 3 heteroatoms. The molecule has 0 aliphatic heterocycles. The summed E-state index contributed by atoms with van der Waals surface area (Å²) in [4.78, 5) is 7.03. The van der Waals surface area contributed by atoms with Crippen LogP contribution in [0.4, 0.5) is 5.82 Å². The van der Waals surface area contributed by atoms with Gasteiger partial charge in [0.2, 0.25) is 0 Å². The van der Waals surface area contributed by atoms with Gasteiger partial charge in [0.15, 0.2) is 0 Å². The standard InChI is InChI=1S/C10H17N3/c1-8(5-9-3-2-4-9)13-10-6-11-7-12-10/h6-9,13H,2-5H2,1H3,(H,11,12). The lowest BCUT2D eigenvalue weighted by molar-refractivity contribution is 0.285. The second-order valence-corrected chi connectivity index (χ2v) is 4.04. The van der Waals surface area contributed by atoms with Crippen LogP contribution in [-0.2, 0) is 0 Å². The number of hydrogen-bond acceptors (Lipinski definition) is 2. The molecule has 72 valence electrons. The van der Waals surface area contributed by atoms with Crippen molar-refractivity contribution in [3.05, 3.63) is 12.5 Å². The van der Waals surface area contributed by atoms with Crippen molar-refractivity contribution >= 4 is 5.82 Å². The highest BCUT2D eigenvalue weighted by Gasteiger charge is 2.19. The van der Waals surface area contributed by atoms with Crippen LogP contribution in [-0.4, -0.2) is 16.0 Å². The summed E-state index contributed by atoms with van der Waals surface area (Å²) in [5, 5.41) is 3.40. The normalized spacial score (nSPS) is 19.5. The average molecular weight is 179 g/mol. The molecule has 13 heavy (non-hydrogen) atoms. The van der Waals surface area contributed by atoms with Gasteiger partial charge in [0, 0.05) is 6.04 Å². The van der Waals surface area contributed by atoms with E-state index in [0.29, 0.717) is 6.04 Å². The van der Waals surface area contributed by atoms with Crippen molar-refractivity contribution in [2.24, 2.45) is 5.92 Å². The van der Waals surface area contributed by atoms with Crippen LogP contribution in [0.1, 0.15) is 32.6 Å². The monoisotopic (exact) mass is 179 g/mol. The minimum absolute atomic E-state index is 0.561. The second kappa shape index (κ2) is 3.81. The van der Waals surface area contributed by atoms with Crippen LogP contribution in [0.25, 0.3) is 0 Å². The fraction of sp³-hybridized carbons (Fsp3) is 0.700. The molecule has 1 unspecified atom stereocenters. The summed E-state index contributed by atoms with van der Waals surface area (Å²) in [6.07, 6.45) is 9.11. The Morgan fingerprint density at radius 1 is 1.69 bits per heavy atom. The molecule has 1 heterocycles. The average Bonchev–Trinajstić information content (AvgIpc) is 2.49. The molecule has 1 aliphatic carbocycles. The van der Waals surface area contributed by atoms with Crippen LogP contribution in [0.3, 0.4) is 0 Å². The number of hydrogen-bond donors (Lipinski definition) is 2. The fourth-order valence-electron chi connectivity index (χ4n) is 1.89. The van der Waals surface area contributed by atoms with Crippen molar-refractivity contribution in [2.45, 2.75) is 38.6 Å². The zero-order chi connectivity index (χ0) is 9.10. The molecule has 2 N–H and O–H groups in total. The molecule has 0 saturated heterocycles. The molecule has 0 bridgehead atoms. The number of nitrogens with zero attached hydrogens (tertiary/aromatic N) is 1. The first-order valence-electron chi connectivity index (χ1n) is 5.09. The van der Waals surface area contributed by atoms with Gasteiger partial charge in [0.05, 0.1) is 12.5 Å². The summed E-state index contributed by atoms with van der Waals surface area (Å²) in [6.45, 7) is 2.24. The topological polar surface area (TPSA) is 40.7 Å². The van der Waals surface area contributed by atoms with E-state index in [1.54, 1.807) is 6.33 Å².